The zero-order chi connectivity index (χ0) is 16.9. The third-order valence-corrected chi connectivity index (χ3v) is 4.74. The van der Waals surface area contributed by atoms with Gasteiger partial charge in [0, 0.05) is 23.2 Å². The number of hydrogen-bond acceptors (Lipinski definition) is 3. The summed E-state index contributed by atoms with van der Waals surface area (Å²) < 4.78 is 0. The first-order valence-corrected chi connectivity index (χ1v) is 8.85. The number of anilines is 2. The molecule has 24 heavy (non-hydrogen) atoms. The second-order valence-electron chi connectivity index (χ2n) is 6.12. The molecule has 1 aliphatic heterocycles. The molecule has 1 aromatic heterocycles. The molecular weight excluding hydrogens is 322 g/mol. The zero-order valence-electron chi connectivity index (χ0n) is 13.8. The van der Waals surface area contributed by atoms with E-state index < -0.39 is 0 Å². The minimum absolute atomic E-state index is 0.206. The Bertz CT molecular complexity index is 702. The van der Waals surface area contributed by atoms with Gasteiger partial charge in [-0.05, 0) is 56.0 Å². The summed E-state index contributed by atoms with van der Waals surface area (Å²) in [6.45, 7) is 3.31. The fourth-order valence-corrected chi connectivity index (χ4v) is 3.40. The van der Waals surface area contributed by atoms with Gasteiger partial charge in [0.1, 0.15) is 5.82 Å². The van der Waals surface area contributed by atoms with Crippen LogP contribution in [0.5, 0.6) is 0 Å². The smallest absolute Gasteiger partial charge is 0.256 e. The Balaban J connectivity index is 1.69. The molecule has 126 valence electrons. The molecule has 3 rings (SSSR count). The van der Waals surface area contributed by atoms with E-state index in [2.05, 4.69) is 22.1 Å². The number of nitrogens with zero attached hydrogens (tertiary/aromatic N) is 2. The van der Waals surface area contributed by atoms with Crippen molar-refractivity contribution < 1.29 is 4.79 Å². The molecule has 0 saturated carbocycles. The van der Waals surface area contributed by atoms with Gasteiger partial charge in [-0.3, -0.25) is 4.79 Å². The molecule has 2 aromatic rings. The standard InChI is InChI=1S/C19H22ClN3O/c1-2-16-8-3-4-11-23(16)17-9-10-18(21-13-17)22-19(24)14-6-5-7-15(20)12-14/h5-7,9-10,12-13,16H,2-4,8,11H2,1H3,(H,21,22,24). The van der Waals surface area contributed by atoms with E-state index in [1.807, 2.05) is 18.3 Å². The number of benzene rings is 1. The summed E-state index contributed by atoms with van der Waals surface area (Å²) in [7, 11) is 0. The molecule has 0 bridgehead atoms. The summed E-state index contributed by atoms with van der Waals surface area (Å²) in [6.07, 6.45) is 6.76. The van der Waals surface area contributed by atoms with Crippen LogP contribution in [0.25, 0.3) is 0 Å². The molecule has 1 aromatic carbocycles. The molecule has 1 fully saturated rings. The van der Waals surface area contributed by atoms with E-state index in [0.29, 0.717) is 22.4 Å². The van der Waals surface area contributed by atoms with Gasteiger partial charge < -0.3 is 10.2 Å². The van der Waals surface area contributed by atoms with Gasteiger partial charge in [-0.25, -0.2) is 4.98 Å². The van der Waals surface area contributed by atoms with E-state index in [0.717, 1.165) is 18.7 Å². The lowest BCUT2D eigenvalue weighted by molar-refractivity contribution is 0.102. The van der Waals surface area contributed by atoms with Gasteiger partial charge >= 0.3 is 0 Å². The van der Waals surface area contributed by atoms with Gasteiger partial charge in [0.2, 0.25) is 0 Å². The number of pyridine rings is 1. The fraction of sp³-hybridized carbons (Fsp3) is 0.368. The van der Waals surface area contributed by atoms with Crippen LogP contribution in [0.15, 0.2) is 42.6 Å². The molecule has 5 heteroatoms. The molecule has 0 spiro atoms. The first-order valence-electron chi connectivity index (χ1n) is 8.47. The van der Waals surface area contributed by atoms with E-state index in [1.165, 1.54) is 19.3 Å². The molecule has 1 unspecified atom stereocenters. The van der Waals surface area contributed by atoms with Gasteiger partial charge in [0.15, 0.2) is 0 Å². The Hall–Kier alpha value is -2.07. The number of carbonyl (C=O) groups excluding carboxylic acids is 1. The second-order valence-corrected chi connectivity index (χ2v) is 6.55. The van der Waals surface area contributed by atoms with E-state index in [4.69, 9.17) is 11.6 Å². The van der Waals surface area contributed by atoms with Crippen molar-refractivity contribution in [1.29, 1.82) is 0 Å². The van der Waals surface area contributed by atoms with E-state index >= 15 is 0 Å². The second kappa shape index (κ2) is 7.67. The molecule has 0 radical (unpaired) electrons. The van der Waals surface area contributed by atoms with Crippen LogP contribution in [0.4, 0.5) is 11.5 Å². The van der Waals surface area contributed by atoms with Crippen molar-refractivity contribution in [1.82, 2.24) is 4.98 Å². The summed E-state index contributed by atoms with van der Waals surface area (Å²) in [5.41, 5.74) is 1.65. The summed E-state index contributed by atoms with van der Waals surface area (Å²) in [4.78, 5) is 19.1. The lowest BCUT2D eigenvalue weighted by Crippen LogP contribution is -2.39. The molecule has 1 aliphatic rings. The van der Waals surface area contributed by atoms with Crippen LogP contribution in [0, 0.1) is 0 Å². The highest BCUT2D eigenvalue weighted by molar-refractivity contribution is 6.31. The normalized spacial score (nSPS) is 17.6. The largest absolute Gasteiger partial charge is 0.367 e. The Morgan fingerprint density at radius 1 is 1.33 bits per heavy atom. The predicted molar refractivity (Wildman–Crippen MR) is 98.9 cm³/mol. The zero-order valence-corrected chi connectivity index (χ0v) is 14.6. The maximum absolute atomic E-state index is 12.2. The third-order valence-electron chi connectivity index (χ3n) is 4.51. The number of nitrogens with one attached hydrogen (secondary N) is 1. The number of amides is 1. The van der Waals surface area contributed by atoms with E-state index in [9.17, 15) is 4.79 Å². The molecule has 1 amide bonds. The van der Waals surface area contributed by atoms with E-state index in [1.54, 1.807) is 24.3 Å². The Kier molecular flexibility index (Phi) is 5.36. The Labute approximate surface area is 147 Å². The van der Waals surface area contributed by atoms with Crippen LogP contribution >= 0.6 is 11.6 Å². The van der Waals surface area contributed by atoms with Crippen molar-refractivity contribution in [2.45, 2.75) is 38.6 Å². The third kappa shape index (κ3) is 3.88. The average molecular weight is 344 g/mol. The molecular formula is C19H22ClN3O. The quantitative estimate of drug-likeness (QED) is 0.870. The monoisotopic (exact) mass is 343 g/mol. The molecule has 1 atom stereocenters. The summed E-state index contributed by atoms with van der Waals surface area (Å²) in [5.74, 6) is 0.343. The van der Waals surface area contributed by atoms with Crippen LogP contribution in [-0.2, 0) is 0 Å². The molecule has 4 nitrogen and oxygen atoms in total. The topological polar surface area (TPSA) is 45.2 Å². The van der Waals surface area contributed by atoms with Crippen molar-refractivity contribution in [2.24, 2.45) is 0 Å². The summed E-state index contributed by atoms with van der Waals surface area (Å²) in [6, 6.07) is 11.4. The SMILES string of the molecule is CCC1CCCCN1c1ccc(NC(=O)c2cccc(Cl)c2)nc1. The van der Waals surface area contributed by atoms with Crippen LogP contribution in [0.1, 0.15) is 43.0 Å². The predicted octanol–water partition coefficient (Wildman–Crippen LogP) is 4.76. The molecule has 0 aliphatic carbocycles. The van der Waals surface area contributed by atoms with Gasteiger partial charge in [0.05, 0.1) is 11.9 Å². The van der Waals surface area contributed by atoms with Gasteiger partial charge in [-0.1, -0.05) is 24.6 Å². The Morgan fingerprint density at radius 3 is 2.92 bits per heavy atom. The molecule has 2 heterocycles. The number of carbonyl (C=O) groups is 1. The van der Waals surface area contributed by atoms with Crippen LogP contribution in [0.3, 0.4) is 0 Å². The first kappa shape index (κ1) is 16.8. The van der Waals surface area contributed by atoms with Crippen molar-refractivity contribution in [3.63, 3.8) is 0 Å². The highest BCUT2D eigenvalue weighted by Gasteiger charge is 2.21. The maximum Gasteiger partial charge on any atom is 0.256 e. The summed E-state index contributed by atoms with van der Waals surface area (Å²) in [5, 5.41) is 3.36. The van der Waals surface area contributed by atoms with Crippen LogP contribution in [-0.4, -0.2) is 23.5 Å². The summed E-state index contributed by atoms with van der Waals surface area (Å²) >= 11 is 5.92. The lowest BCUT2D eigenvalue weighted by atomic mass is 9.99. The van der Waals surface area contributed by atoms with Gasteiger partial charge in [0.25, 0.3) is 5.91 Å². The van der Waals surface area contributed by atoms with Crippen LogP contribution in [0.2, 0.25) is 5.02 Å². The number of aromatic nitrogens is 1. The van der Waals surface area contributed by atoms with E-state index in [-0.39, 0.29) is 5.91 Å². The van der Waals surface area contributed by atoms with Crippen LogP contribution < -0.4 is 10.2 Å². The number of halogens is 1. The Morgan fingerprint density at radius 2 is 2.21 bits per heavy atom. The average Bonchev–Trinajstić information content (AvgIpc) is 2.62. The molecule has 1 saturated heterocycles. The van der Waals surface area contributed by atoms with Gasteiger partial charge in [-0.15, -0.1) is 0 Å². The van der Waals surface area contributed by atoms with Gasteiger partial charge in [-0.2, -0.15) is 0 Å². The minimum Gasteiger partial charge on any atom is -0.367 e. The number of piperidine rings is 1. The van der Waals surface area contributed by atoms with Crippen molar-refractivity contribution in [2.75, 3.05) is 16.8 Å². The van der Waals surface area contributed by atoms with Crippen molar-refractivity contribution in [3.05, 3.63) is 53.2 Å². The number of hydrogen-bond donors (Lipinski definition) is 1. The maximum atomic E-state index is 12.2. The molecule has 1 N–H and O–H groups in total. The first-order chi connectivity index (χ1) is 11.7. The van der Waals surface area contributed by atoms with Crippen molar-refractivity contribution in [3.8, 4) is 0 Å². The highest BCUT2D eigenvalue weighted by Crippen LogP contribution is 2.26. The minimum atomic E-state index is -0.206. The number of rotatable bonds is 4. The lowest BCUT2D eigenvalue weighted by Gasteiger charge is -2.37. The fourth-order valence-electron chi connectivity index (χ4n) is 3.21. The highest BCUT2D eigenvalue weighted by atomic mass is 35.5. The van der Waals surface area contributed by atoms with Crippen molar-refractivity contribution >= 4 is 29.0 Å².